The largest absolute Gasteiger partial charge is 0.459 e. The van der Waals surface area contributed by atoms with E-state index < -0.39 is 5.92 Å². The number of rotatable bonds is 6. The number of nitriles is 1. The number of aromatic nitrogens is 1. The molecule has 1 aromatic carbocycles. The molecule has 0 spiro atoms. The summed E-state index contributed by atoms with van der Waals surface area (Å²) in [5, 5.41) is 12.2. The van der Waals surface area contributed by atoms with E-state index in [2.05, 4.69) is 16.0 Å². The Morgan fingerprint density at radius 1 is 1.40 bits per heavy atom. The van der Waals surface area contributed by atoms with Crippen molar-refractivity contribution in [3.63, 3.8) is 0 Å². The van der Waals surface area contributed by atoms with Gasteiger partial charge in [-0.3, -0.25) is 4.99 Å². The predicted molar refractivity (Wildman–Crippen MR) is 97.6 cm³/mol. The van der Waals surface area contributed by atoms with E-state index in [1.165, 1.54) is 24.2 Å². The van der Waals surface area contributed by atoms with Crippen LogP contribution >= 0.6 is 11.3 Å². The van der Waals surface area contributed by atoms with Gasteiger partial charge in [-0.05, 0) is 51.0 Å². The molecule has 2 aromatic rings. The molecule has 0 aliphatic heterocycles. The van der Waals surface area contributed by atoms with E-state index in [0.717, 1.165) is 10.7 Å². The maximum Gasteiger partial charge on any atom is 0.338 e. The maximum absolute atomic E-state index is 11.8. The van der Waals surface area contributed by atoms with Crippen molar-refractivity contribution in [3.8, 4) is 6.07 Å². The molecule has 1 fully saturated rings. The predicted octanol–water partition coefficient (Wildman–Crippen LogP) is 4.60. The van der Waals surface area contributed by atoms with Crippen molar-refractivity contribution in [1.82, 2.24) is 4.98 Å². The first-order chi connectivity index (χ1) is 12.1. The summed E-state index contributed by atoms with van der Waals surface area (Å²) in [6.07, 6.45) is 3.84. The van der Waals surface area contributed by atoms with E-state index in [1.54, 1.807) is 30.5 Å². The summed E-state index contributed by atoms with van der Waals surface area (Å²) in [5.41, 5.74) is 2.26. The molecule has 0 saturated heterocycles. The second kappa shape index (κ2) is 7.58. The smallest absolute Gasteiger partial charge is 0.338 e. The number of hydrogen-bond donors (Lipinski definition) is 0. The highest BCUT2D eigenvalue weighted by molar-refractivity contribution is 7.09. The van der Waals surface area contributed by atoms with Gasteiger partial charge in [0, 0.05) is 17.5 Å². The van der Waals surface area contributed by atoms with Gasteiger partial charge in [0.1, 0.15) is 10.9 Å². The van der Waals surface area contributed by atoms with Gasteiger partial charge in [-0.15, -0.1) is 11.3 Å². The SMILES string of the molecule is CC(C)OC(=O)c1ccc(N=CC(C#N)c2nc(C3CC3)cs2)cc1. The summed E-state index contributed by atoms with van der Waals surface area (Å²) in [6.45, 7) is 3.62. The van der Waals surface area contributed by atoms with E-state index >= 15 is 0 Å². The third kappa shape index (κ3) is 4.52. The molecule has 1 heterocycles. The molecule has 1 saturated carbocycles. The monoisotopic (exact) mass is 353 g/mol. The van der Waals surface area contributed by atoms with Crippen molar-refractivity contribution in [2.24, 2.45) is 4.99 Å². The summed E-state index contributed by atoms with van der Waals surface area (Å²) in [5.74, 6) is -0.224. The highest BCUT2D eigenvalue weighted by Gasteiger charge is 2.27. The molecule has 1 unspecified atom stereocenters. The highest BCUT2D eigenvalue weighted by Crippen LogP contribution is 2.40. The fourth-order valence-corrected chi connectivity index (χ4v) is 3.19. The van der Waals surface area contributed by atoms with Crippen molar-refractivity contribution < 1.29 is 9.53 Å². The second-order valence-corrected chi connectivity index (χ2v) is 7.16. The zero-order valence-electron chi connectivity index (χ0n) is 14.2. The van der Waals surface area contributed by atoms with Crippen LogP contribution in [0.4, 0.5) is 5.69 Å². The molecule has 1 aliphatic carbocycles. The lowest BCUT2D eigenvalue weighted by Crippen LogP contribution is -2.11. The van der Waals surface area contributed by atoms with Crippen LogP contribution in [-0.2, 0) is 4.74 Å². The Morgan fingerprint density at radius 2 is 2.12 bits per heavy atom. The topological polar surface area (TPSA) is 75.3 Å². The Labute approximate surface area is 151 Å². The van der Waals surface area contributed by atoms with Crippen molar-refractivity contribution in [3.05, 3.63) is 45.9 Å². The molecule has 1 aromatic heterocycles. The summed E-state index contributed by atoms with van der Waals surface area (Å²) >= 11 is 1.51. The van der Waals surface area contributed by atoms with Gasteiger partial charge in [0.25, 0.3) is 0 Å². The molecule has 6 heteroatoms. The molecule has 1 atom stereocenters. The standard InChI is InChI=1S/C19H19N3O2S/c1-12(2)24-19(23)14-5-7-16(8-6-14)21-10-15(9-20)18-22-17(11-25-18)13-3-4-13/h5-8,10-13,15H,3-4H2,1-2H3. The number of thiazole rings is 1. The average molecular weight is 353 g/mol. The Balaban J connectivity index is 1.67. The van der Waals surface area contributed by atoms with Crippen LogP contribution in [0.5, 0.6) is 0 Å². The highest BCUT2D eigenvalue weighted by atomic mass is 32.1. The van der Waals surface area contributed by atoms with Gasteiger partial charge >= 0.3 is 5.97 Å². The van der Waals surface area contributed by atoms with Gasteiger partial charge in [-0.1, -0.05) is 0 Å². The first-order valence-corrected chi connectivity index (χ1v) is 9.15. The van der Waals surface area contributed by atoms with E-state index in [-0.39, 0.29) is 12.1 Å². The molecule has 0 N–H and O–H groups in total. The van der Waals surface area contributed by atoms with Crippen molar-refractivity contribution >= 4 is 29.2 Å². The van der Waals surface area contributed by atoms with Crippen LogP contribution in [0.3, 0.4) is 0 Å². The van der Waals surface area contributed by atoms with E-state index in [1.807, 2.05) is 19.2 Å². The van der Waals surface area contributed by atoms with E-state index in [0.29, 0.717) is 17.2 Å². The van der Waals surface area contributed by atoms with Crippen molar-refractivity contribution in [2.75, 3.05) is 0 Å². The number of hydrogen-bond acceptors (Lipinski definition) is 6. The van der Waals surface area contributed by atoms with Crippen molar-refractivity contribution in [2.45, 2.75) is 44.6 Å². The van der Waals surface area contributed by atoms with E-state index in [9.17, 15) is 10.1 Å². The number of ether oxygens (including phenoxy) is 1. The van der Waals surface area contributed by atoms with Crippen molar-refractivity contribution in [1.29, 1.82) is 5.26 Å². The third-order valence-corrected chi connectivity index (χ3v) is 4.70. The quantitative estimate of drug-likeness (QED) is 0.562. The number of carbonyl (C=O) groups is 1. The summed E-state index contributed by atoms with van der Waals surface area (Å²) in [4.78, 5) is 20.7. The first-order valence-electron chi connectivity index (χ1n) is 8.27. The third-order valence-electron chi connectivity index (χ3n) is 3.76. The lowest BCUT2D eigenvalue weighted by molar-refractivity contribution is 0.0378. The average Bonchev–Trinajstić information content (AvgIpc) is 3.33. The molecular formula is C19H19N3O2S. The number of esters is 1. The fraction of sp³-hybridized carbons (Fsp3) is 0.368. The molecule has 0 bridgehead atoms. The number of benzene rings is 1. The second-order valence-electron chi connectivity index (χ2n) is 6.27. The van der Waals surface area contributed by atoms with Gasteiger partial charge in [0.05, 0.1) is 29.1 Å². The van der Waals surface area contributed by atoms with Crippen LogP contribution < -0.4 is 0 Å². The Kier molecular flexibility index (Phi) is 5.25. The number of nitrogens with zero attached hydrogens (tertiary/aromatic N) is 3. The summed E-state index contributed by atoms with van der Waals surface area (Å²) < 4.78 is 5.15. The molecule has 128 valence electrons. The molecule has 5 nitrogen and oxygen atoms in total. The minimum Gasteiger partial charge on any atom is -0.459 e. The van der Waals surface area contributed by atoms with Crippen LogP contribution in [-0.4, -0.2) is 23.3 Å². The summed E-state index contributed by atoms with van der Waals surface area (Å²) in [7, 11) is 0. The van der Waals surface area contributed by atoms with Crippen LogP contribution in [0, 0.1) is 11.3 Å². The van der Waals surface area contributed by atoms with Gasteiger partial charge in [0.2, 0.25) is 0 Å². The summed E-state index contributed by atoms with van der Waals surface area (Å²) in [6, 6.07) is 9.06. The molecule has 25 heavy (non-hydrogen) atoms. The normalized spacial score (nSPS) is 15.3. The van der Waals surface area contributed by atoms with Gasteiger partial charge in [-0.2, -0.15) is 5.26 Å². The van der Waals surface area contributed by atoms with Crippen LogP contribution in [0.15, 0.2) is 34.6 Å². The molecule has 0 amide bonds. The van der Waals surface area contributed by atoms with Gasteiger partial charge in [-0.25, -0.2) is 9.78 Å². The minimum atomic E-state index is -0.455. The van der Waals surface area contributed by atoms with Gasteiger partial charge < -0.3 is 4.74 Å². The number of carbonyl (C=O) groups excluding carboxylic acids is 1. The molecule has 1 aliphatic rings. The Hall–Kier alpha value is -2.52. The Morgan fingerprint density at radius 3 is 2.72 bits per heavy atom. The maximum atomic E-state index is 11.8. The molecule has 3 rings (SSSR count). The number of aliphatic imine (C=N–C) groups is 1. The zero-order valence-corrected chi connectivity index (χ0v) is 15.0. The lowest BCUT2D eigenvalue weighted by Gasteiger charge is -2.07. The zero-order chi connectivity index (χ0) is 17.8. The van der Waals surface area contributed by atoms with Crippen LogP contribution in [0.1, 0.15) is 59.6 Å². The molecular weight excluding hydrogens is 334 g/mol. The molecule has 0 radical (unpaired) electrons. The first kappa shape index (κ1) is 17.3. The fourth-order valence-electron chi connectivity index (χ4n) is 2.29. The van der Waals surface area contributed by atoms with Crippen LogP contribution in [0.2, 0.25) is 0 Å². The minimum absolute atomic E-state index is 0.152. The van der Waals surface area contributed by atoms with E-state index in [4.69, 9.17) is 4.74 Å². The van der Waals surface area contributed by atoms with Gasteiger partial charge in [0.15, 0.2) is 0 Å². The lowest BCUT2D eigenvalue weighted by atomic mass is 10.2. The Bertz CT molecular complexity index is 814. The van der Waals surface area contributed by atoms with Crippen LogP contribution in [0.25, 0.3) is 0 Å².